The molecule has 0 fully saturated rings. The maximum absolute atomic E-state index is 14.2. The zero-order chi connectivity index (χ0) is 49.5. The highest BCUT2D eigenvalue weighted by atomic mass is 16.6. The minimum absolute atomic E-state index is 0.0608. The first-order valence-electron chi connectivity index (χ1n) is 24.2. The Hall–Kier alpha value is -7.54. The highest BCUT2D eigenvalue weighted by molar-refractivity contribution is 5.86. The van der Waals surface area contributed by atoms with Gasteiger partial charge in [0.1, 0.15) is 60.6 Å². The smallest absolute Gasteiger partial charge is 0.330 e. The van der Waals surface area contributed by atoms with E-state index in [4.69, 9.17) is 42.6 Å². The van der Waals surface area contributed by atoms with Crippen LogP contribution in [0.2, 0.25) is 0 Å². The number of hydrogen-bond donors (Lipinski definition) is 0. The van der Waals surface area contributed by atoms with Crippen LogP contribution in [0.5, 0.6) is 23.0 Å². The Morgan fingerprint density at radius 1 is 0.500 bits per heavy atom. The Kier molecular flexibility index (Phi) is 14.1. The zero-order valence-corrected chi connectivity index (χ0v) is 40.4. The van der Waals surface area contributed by atoms with Crippen LogP contribution >= 0.6 is 0 Å². The lowest BCUT2D eigenvalue weighted by Gasteiger charge is -2.56. The Morgan fingerprint density at radius 2 is 1.00 bits per heavy atom. The van der Waals surface area contributed by atoms with Gasteiger partial charge in [-0.2, -0.15) is 0 Å². The van der Waals surface area contributed by atoms with Crippen LogP contribution in [0, 0.1) is 5.92 Å². The molecule has 7 aromatic carbocycles. The van der Waals surface area contributed by atoms with E-state index in [1.54, 1.807) is 14.2 Å². The van der Waals surface area contributed by atoms with Crippen molar-refractivity contribution in [1.82, 2.24) is 0 Å². The summed E-state index contributed by atoms with van der Waals surface area (Å²) < 4.78 is 53.8. The molecular weight excluding hydrogens is 909 g/mol. The third-order valence-electron chi connectivity index (χ3n) is 14.1. The molecule has 72 heavy (non-hydrogen) atoms. The van der Waals surface area contributed by atoms with Gasteiger partial charge in [0.2, 0.25) is 0 Å². The van der Waals surface area contributed by atoms with E-state index in [1.165, 1.54) is 22.3 Å². The first kappa shape index (κ1) is 48.1. The van der Waals surface area contributed by atoms with E-state index in [2.05, 4.69) is 79.4 Å². The molecule has 11 heteroatoms. The van der Waals surface area contributed by atoms with Crippen molar-refractivity contribution in [3.8, 4) is 34.1 Å². The Bertz CT molecular complexity index is 3000. The molecule has 7 aromatic rings. The van der Waals surface area contributed by atoms with Crippen molar-refractivity contribution in [2.75, 3.05) is 67.1 Å². The molecule has 0 N–H and O–H groups in total. The van der Waals surface area contributed by atoms with E-state index in [9.17, 15) is 9.59 Å². The summed E-state index contributed by atoms with van der Waals surface area (Å²) in [5, 5.41) is 0. The summed E-state index contributed by atoms with van der Waals surface area (Å²) in [6.45, 7) is 5.37. The Labute approximate surface area is 419 Å². The Morgan fingerprint density at radius 3 is 1.57 bits per heavy atom. The van der Waals surface area contributed by atoms with E-state index in [0.717, 1.165) is 51.0 Å². The van der Waals surface area contributed by atoms with E-state index in [0.29, 0.717) is 44.3 Å². The predicted octanol–water partition coefficient (Wildman–Crippen LogP) is 10.7. The topological polar surface area (TPSA) is 117 Å². The van der Waals surface area contributed by atoms with E-state index in [1.807, 2.05) is 97.1 Å². The molecule has 0 saturated heterocycles. The monoisotopic (exact) mass is 964 g/mol. The number of para-hydroxylation sites is 1. The van der Waals surface area contributed by atoms with Crippen molar-refractivity contribution in [3.05, 3.63) is 227 Å². The molecule has 4 aliphatic rings. The average molecular weight is 965 g/mol. The molecule has 366 valence electrons. The van der Waals surface area contributed by atoms with Gasteiger partial charge in [0.25, 0.3) is 0 Å². The van der Waals surface area contributed by atoms with Crippen LogP contribution in [0.15, 0.2) is 183 Å². The van der Waals surface area contributed by atoms with Crippen molar-refractivity contribution in [3.63, 3.8) is 0 Å². The number of fused-ring (bicyclic) bond motifs is 4. The fourth-order valence-electron chi connectivity index (χ4n) is 11.1. The van der Waals surface area contributed by atoms with Gasteiger partial charge in [-0.05, 0) is 104 Å². The highest BCUT2D eigenvalue weighted by Gasteiger charge is 2.64. The average Bonchev–Trinajstić information content (AvgIpc) is 3.73. The van der Waals surface area contributed by atoms with Gasteiger partial charge >= 0.3 is 11.9 Å². The second kappa shape index (κ2) is 21.0. The number of carbonyl (C=O) groups is 2. The van der Waals surface area contributed by atoms with Crippen molar-refractivity contribution < 1.29 is 52.2 Å². The van der Waals surface area contributed by atoms with Crippen LogP contribution in [-0.2, 0) is 54.6 Å². The number of hydrogen-bond acceptors (Lipinski definition) is 11. The molecule has 0 amide bonds. The van der Waals surface area contributed by atoms with Crippen molar-refractivity contribution in [2.45, 2.75) is 23.0 Å². The van der Waals surface area contributed by atoms with Gasteiger partial charge in [-0.1, -0.05) is 128 Å². The van der Waals surface area contributed by atoms with E-state index < -0.39 is 28.5 Å². The first-order chi connectivity index (χ1) is 35.4. The number of rotatable bonds is 22. The van der Waals surface area contributed by atoms with Crippen LogP contribution in [0.1, 0.15) is 50.9 Å². The lowest BCUT2D eigenvalue weighted by molar-refractivity contribution is -0.174. The molecule has 0 radical (unpaired) electrons. The molecule has 0 spiro atoms. The highest BCUT2D eigenvalue weighted by Crippen LogP contribution is 2.63. The van der Waals surface area contributed by atoms with Crippen molar-refractivity contribution in [1.29, 1.82) is 0 Å². The summed E-state index contributed by atoms with van der Waals surface area (Å²) >= 11 is 0. The molecule has 11 rings (SSSR count). The minimum atomic E-state index is -1.10. The van der Waals surface area contributed by atoms with Gasteiger partial charge in [-0.25, -0.2) is 4.79 Å². The summed E-state index contributed by atoms with van der Waals surface area (Å²) in [4.78, 5) is 25.5. The van der Waals surface area contributed by atoms with Gasteiger partial charge < -0.3 is 42.6 Å². The second-order valence-electron chi connectivity index (χ2n) is 17.7. The Balaban J connectivity index is 0.772. The number of methoxy groups -OCH3 is 2. The number of carbonyl (C=O) groups excluding carboxylic acids is 2. The van der Waals surface area contributed by atoms with Gasteiger partial charge in [-0.15, -0.1) is 0 Å². The maximum Gasteiger partial charge on any atom is 0.330 e. The molecule has 3 unspecified atom stereocenters. The normalized spacial score (nSPS) is 18.4. The molecule has 0 heterocycles. The molecule has 11 nitrogen and oxygen atoms in total. The molecule has 3 atom stereocenters. The fourth-order valence-corrected chi connectivity index (χ4v) is 11.1. The van der Waals surface area contributed by atoms with Crippen LogP contribution in [0.3, 0.4) is 0 Å². The third kappa shape index (κ3) is 8.62. The van der Waals surface area contributed by atoms with Crippen molar-refractivity contribution >= 4 is 11.9 Å². The molecule has 0 aliphatic heterocycles. The number of esters is 2. The summed E-state index contributed by atoms with van der Waals surface area (Å²) in [5.74, 6) is 1.25. The molecule has 2 bridgehead atoms. The SMILES string of the molecule is C=CC(=O)OCCOCCOc1ccc(C2(c3ccc(OCCOCCOC(=O)C4CC5(OC)c6ccccc6C4(OC)c4ccc(Oc6ccccc6)cc45)cc3)c3ccccc3-c3ccccc32)cc1. The van der Waals surface area contributed by atoms with Crippen LogP contribution < -0.4 is 14.2 Å². The quantitative estimate of drug-likeness (QED) is 0.0367. The van der Waals surface area contributed by atoms with Crippen LogP contribution in [0.4, 0.5) is 0 Å². The summed E-state index contributed by atoms with van der Waals surface area (Å²) in [6, 6.07) is 57.2. The summed E-state index contributed by atoms with van der Waals surface area (Å²) in [5.41, 5.74) is 7.89. The molecule has 0 saturated carbocycles. The maximum atomic E-state index is 14.2. The molecular formula is C61H56O11. The second-order valence-corrected chi connectivity index (χ2v) is 17.7. The summed E-state index contributed by atoms with van der Waals surface area (Å²) in [7, 11) is 3.33. The number of ether oxygens (including phenoxy) is 9. The zero-order valence-electron chi connectivity index (χ0n) is 40.4. The van der Waals surface area contributed by atoms with Gasteiger partial charge in [0.15, 0.2) is 0 Å². The minimum Gasteiger partial charge on any atom is -0.491 e. The summed E-state index contributed by atoms with van der Waals surface area (Å²) in [6.07, 6.45) is 1.45. The largest absolute Gasteiger partial charge is 0.491 e. The first-order valence-corrected chi connectivity index (χ1v) is 24.2. The van der Waals surface area contributed by atoms with Gasteiger partial charge in [0.05, 0.1) is 37.8 Å². The standard InChI is InChI=1S/C61H56O11/c1-4-57(62)70-38-34-66-32-36-68-44-26-22-42(23-27-44)60(50-18-10-8-16-48(50)49-17-9-11-19-51(49)60)43-24-28-45(29-25-43)69-37-33-67-35-39-71-58(63)56-41-59(64-2)52-20-12-13-21-53(52)61(56,65-3)54-31-30-47(40-55(54)59)72-46-14-6-5-7-15-46/h4-31,40,56H,1,32-39,41H2,2-3H3. The van der Waals surface area contributed by atoms with Crippen LogP contribution in [-0.4, -0.2) is 79.0 Å². The molecule has 0 aromatic heterocycles. The fraction of sp³-hybridized carbons (Fsp3) is 0.246. The van der Waals surface area contributed by atoms with Gasteiger partial charge in [-0.3, -0.25) is 4.79 Å². The van der Waals surface area contributed by atoms with Crippen molar-refractivity contribution in [2.24, 2.45) is 5.92 Å². The van der Waals surface area contributed by atoms with E-state index >= 15 is 0 Å². The lowest BCUT2D eigenvalue weighted by Crippen LogP contribution is -2.58. The number of benzene rings is 7. The third-order valence-corrected chi connectivity index (χ3v) is 14.1. The van der Waals surface area contributed by atoms with E-state index in [-0.39, 0.29) is 32.4 Å². The molecule has 4 aliphatic carbocycles. The van der Waals surface area contributed by atoms with Crippen LogP contribution in [0.25, 0.3) is 11.1 Å². The predicted molar refractivity (Wildman–Crippen MR) is 272 cm³/mol. The van der Waals surface area contributed by atoms with Gasteiger partial charge in [0, 0.05) is 26.7 Å². The lowest BCUT2D eigenvalue weighted by atomic mass is 9.54.